The Kier molecular flexibility index (Phi) is 3.66. The third-order valence-electron chi connectivity index (χ3n) is 2.58. The van der Waals surface area contributed by atoms with Crippen LogP contribution in [0.25, 0.3) is 11.0 Å². The molecule has 2 rings (SSSR count). The third kappa shape index (κ3) is 2.31. The van der Waals surface area contributed by atoms with Crippen molar-refractivity contribution < 1.29 is 4.74 Å². The van der Waals surface area contributed by atoms with Gasteiger partial charge in [-0.1, -0.05) is 0 Å². The number of halogens is 1. The minimum atomic E-state index is 0.157. The van der Waals surface area contributed by atoms with Gasteiger partial charge in [-0.05, 0) is 59.9 Å². The number of imidazole rings is 1. The predicted molar refractivity (Wildman–Crippen MR) is 76.3 cm³/mol. The van der Waals surface area contributed by atoms with Crippen LogP contribution in [0.1, 0.15) is 6.92 Å². The average molecular weight is 348 g/mol. The van der Waals surface area contributed by atoms with E-state index in [0.29, 0.717) is 0 Å². The van der Waals surface area contributed by atoms with E-state index in [1.165, 1.54) is 3.57 Å². The van der Waals surface area contributed by atoms with Crippen molar-refractivity contribution in [2.75, 3.05) is 7.11 Å². The van der Waals surface area contributed by atoms with Crippen LogP contribution in [0.15, 0.2) is 18.2 Å². The fraction of sp³-hybridized carbons (Fsp3) is 0.364. The van der Waals surface area contributed by atoms with Crippen LogP contribution in [-0.2, 0) is 11.3 Å². The van der Waals surface area contributed by atoms with Gasteiger partial charge in [0.2, 0.25) is 0 Å². The van der Waals surface area contributed by atoms with Crippen LogP contribution in [0.2, 0.25) is 0 Å². The molecule has 1 N–H and O–H groups in total. The van der Waals surface area contributed by atoms with Crippen LogP contribution in [0.5, 0.6) is 0 Å². The molecular formula is C11H13IN2OS. The van der Waals surface area contributed by atoms with Gasteiger partial charge in [-0.25, -0.2) is 0 Å². The number of rotatable bonds is 3. The molecule has 0 spiro atoms. The zero-order valence-corrected chi connectivity index (χ0v) is 12.1. The summed E-state index contributed by atoms with van der Waals surface area (Å²) in [6.45, 7) is 2.81. The molecule has 1 heterocycles. The first-order valence-electron chi connectivity index (χ1n) is 5.02. The first-order chi connectivity index (χ1) is 7.61. The van der Waals surface area contributed by atoms with E-state index in [1.54, 1.807) is 7.11 Å². The summed E-state index contributed by atoms with van der Waals surface area (Å²) < 4.78 is 9.30. The summed E-state index contributed by atoms with van der Waals surface area (Å²) >= 11 is 7.61. The van der Waals surface area contributed by atoms with Crippen LogP contribution >= 0.6 is 34.8 Å². The van der Waals surface area contributed by atoms with E-state index in [2.05, 4.69) is 50.3 Å². The van der Waals surface area contributed by atoms with E-state index in [4.69, 9.17) is 17.0 Å². The van der Waals surface area contributed by atoms with Gasteiger partial charge in [0.1, 0.15) is 0 Å². The summed E-state index contributed by atoms with van der Waals surface area (Å²) in [6.07, 6.45) is 0.157. The minimum absolute atomic E-state index is 0.157. The van der Waals surface area contributed by atoms with Gasteiger partial charge in [0.15, 0.2) is 4.77 Å². The Morgan fingerprint density at radius 1 is 1.56 bits per heavy atom. The number of ether oxygens (including phenoxy) is 1. The Hall–Kier alpha value is -0.400. The molecule has 0 fully saturated rings. The molecule has 2 aromatic rings. The molecule has 1 aromatic carbocycles. The van der Waals surface area contributed by atoms with E-state index in [1.807, 2.05) is 6.92 Å². The molecule has 0 aliphatic heterocycles. The number of hydrogen-bond acceptors (Lipinski definition) is 2. The second-order valence-corrected chi connectivity index (χ2v) is 5.38. The molecule has 16 heavy (non-hydrogen) atoms. The predicted octanol–water partition coefficient (Wildman–Crippen LogP) is 3.34. The maximum Gasteiger partial charge on any atom is 0.178 e. The van der Waals surface area contributed by atoms with Crippen molar-refractivity contribution in [2.24, 2.45) is 0 Å². The SMILES string of the molecule is COC(C)Cn1c(=S)[nH]c2cc(I)ccc21. The van der Waals surface area contributed by atoms with Crippen LogP contribution in [-0.4, -0.2) is 22.8 Å². The molecular weight excluding hydrogens is 335 g/mol. The average Bonchev–Trinajstić information content (AvgIpc) is 2.54. The fourth-order valence-electron chi connectivity index (χ4n) is 1.65. The summed E-state index contributed by atoms with van der Waals surface area (Å²) in [7, 11) is 1.71. The molecule has 1 aromatic heterocycles. The van der Waals surface area contributed by atoms with E-state index in [-0.39, 0.29) is 6.10 Å². The molecule has 86 valence electrons. The monoisotopic (exact) mass is 348 g/mol. The van der Waals surface area contributed by atoms with Gasteiger partial charge < -0.3 is 14.3 Å². The highest BCUT2D eigenvalue weighted by Gasteiger charge is 2.07. The summed E-state index contributed by atoms with van der Waals surface area (Å²) in [6, 6.07) is 6.27. The quantitative estimate of drug-likeness (QED) is 0.681. The highest BCUT2D eigenvalue weighted by Crippen LogP contribution is 2.17. The molecule has 0 aliphatic rings. The fourth-order valence-corrected chi connectivity index (χ4v) is 2.42. The largest absolute Gasteiger partial charge is 0.380 e. The zero-order valence-electron chi connectivity index (χ0n) is 9.16. The molecule has 3 nitrogen and oxygen atoms in total. The normalized spacial score (nSPS) is 13.2. The molecule has 1 unspecified atom stereocenters. The molecule has 0 aliphatic carbocycles. The van der Waals surface area contributed by atoms with E-state index in [9.17, 15) is 0 Å². The lowest BCUT2D eigenvalue weighted by Crippen LogP contribution is -2.14. The Morgan fingerprint density at radius 3 is 3.00 bits per heavy atom. The number of nitrogens with zero attached hydrogens (tertiary/aromatic N) is 1. The maximum atomic E-state index is 5.31. The van der Waals surface area contributed by atoms with Crippen LogP contribution in [0.4, 0.5) is 0 Å². The third-order valence-corrected chi connectivity index (χ3v) is 3.57. The lowest BCUT2D eigenvalue weighted by atomic mass is 10.3. The molecule has 0 bridgehead atoms. The molecule has 0 radical (unpaired) electrons. The minimum Gasteiger partial charge on any atom is -0.380 e. The van der Waals surface area contributed by atoms with Gasteiger partial charge in [-0.3, -0.25) is 0 Å². The number of H-pyrrole nitrogens is 1. The molecule has 0 saturated carbocycles. The number of benzene rings is 1. The van der Waals surface area contributed by atoms with Gasteiger partial charge in [0, 0.05) is 10.7 Å². The topological polar surface area (TPSA) is 29.9 Å². The number of nitrogens with one attached hydrogen (secondary N) is 1. The number of hydrogen-bond donors (Lipinski definition) is 1. The van der Waals surface area contributed by atoms with Crippen molar-refractivity contribution in [1.29, 1.82) is 0 Å². The summed E-state index contributed by atoms with van der Waals surface area (Å²) in [5.74, 6) is 0. The number of fused-ring (bicyclic) bond motifs is 1. The maximum absolute atomic E-state index is 5.31. The molecule has 0 saturated heterocycles. The first kappa shape index (κ1) is 12.1. The lowest BCUT2D eigenvalue weighted by Gasteiger charge is -2.10. The molecule has 5 heteroatoms. The summed E-state index contributed by atoms with van der Waals surface area (Å²) in [5, 5.41) is 0. The highest BCUT2D eigenvalue weighted by molar-refractivity contribution is 14.1. The van der Waals surface area contributed by atoms with E-state index >= 15 is 0 Å². The van der Waals surface area contributed by atoms with Gasteiger partial charge >= 0.3 is 0 Å². The van der Waals surface area contributed by atoms with Crippen molar-refractivity contribution in [3.63, 3.8) is 0 Å². The smallest absolute Gasteiger partial charge is 0.178 e. The summed E-state index contributed by atoms with van der Waals surface area (Å²) in [4.78, 5) is 3.21. The Morgan fingerprint density at radius 2 is 2.31 bits per heavy atom. The highest BCUT2D eigenvalue weighted by atomic mass is 127. The van der Waals surface area contributed by atoms with Crippen LogP contribution < -0.4 is 0 Å². The number of methoxy groups -OCH3 is 1. The zero-order chi connectivity index (χ0) is 11.7. The van der Waals surface area contributed by atoms with Gasteiger partial charge in [-0.15, -0.1) is 0 Å². The van der Waals surface area contributed by atoms with Crippen molar-refractivity contribution in [2.45, 2.75) is 19.6 Å². The van der Waals surface area contributed by atoms with E-state index in [0.717, 1.165) is 22.3 Å². The lowest BCUT2D eigenvalue weighted by molar-refractivity contribution is 0.104. The standard InChI is InChI=1S/C11H13IN2OS/c1-7(15-2)6-14-10-4-3-8(12)5-9(10)13-11(14)16/h3-5,7H,6H2,1-2H3,(H,13,16). The van der Waals surface area contributed by atoms with E-state index < -0.39 is 0 Å². The van der Waals surface area contributed by atoms with Crippen molar-refractivity contribution in [1.82, 2.24) is 9.55 Å². The van der Waals surface area contributed by atoms with Crippen molar-refractivity contribution in [3.05, 3.63) is 26.5 Å². The van der Waals surface area contributed by atoms with Gasteiger partial charge in [0.25, 0.3) is 0 Å². The Balaban J connectivity index is 2.52. The Labute approximate surface area is 113 Å². The van der Waals surface area contributed by atoms with Crippen molar-refractivity contribution >= 4 is 45.8 Å². The Bertz CT molecular complexity index is 561. The molecule has 1 atom stereocenters. The van der Waals surface area contributed by atoms with Gasteiger partial charge in [0.05, 0.1) is 23.7 Å². The second-order valence-electron chi connectivity index (χ2n) is 3.75. The summed E-state index contributed by atoms with van der Waals surface area (Å²) in [5.41, 5.74) is 2.22. The first-order valence-corrected chi connectivity index (χ1v) is 6.51. The number of aromatic amines is 1. The second kappa shape index (κ2) is 4.85. The van der Waals surface area contributed by atoms with Crippen LogP contribution in [0, 0.1) is 8.34 Å². The van der Waals surface area contributed by atoms with Gasteiger partial charge in [-0.2, -0.15) is 0 Å². The van der Waals surface area contributed by atoms with Crippen molar-refractivity contribution in [3.8, 4) is 0 Å². The number of aromatic nitrogens is 2. The molecule has 0 amide bonds. The van der Waals surface area contributed by atoms with Crippen LogP contribution in [0.3, 0.4) is 0 Å².